The summed E-state index contributed by atoms with van der Waals surface area (Å²) in [4.78, 5) is 2.52. The molecule has 0 bridgehead atoms. The van der Waals surface area contributed by atoms with E-state index in [-0.39, 0.29) is 6.04 Å². The lowest BCUT2D eigenvalue weighted by Crippen LogP contribution is -2.40. The maximum Gasteiger partial charge on any atom is 0.130 e. The summed E-state index contributed by atoms with van der Waals surface area (Å²) in [5, 5.41) is 3.52. The van der Waals surface area contributed by atoms with Crippen molar-refractivity contribution >= 4 is 0 Å². The first-order valence-corrected chi connectivity index (χ1v) is 7.10. The molecule has 2 fully saturated rings. The topological polar surface area (TPSA) is 15.3 Å². The van der Waals surface area contributed by atoms with Crippen LogP contribution in [0.1, 0.15) is 37.8 Å². The monoisotopic (exact) mass is 266 g/mol. The minimum atomic E-state index is -0.517. The second-order valence-electron chi connectivity index (χ2n) is 5.69. The molecule has 0 aromatic heterocycles. The lowest BCUT2D eigenvalue weighted by atomic mass is 10.0. The molecule has 2 aliphatic heterocycles. The molecule has 2 nitrogen and oxygen atoms in total. The molecular formula is C15H20F2N2. The fraction of sp³-hybridized carbons (Fsp3) is 0.600. The Morgan fingerprint density at radius 1 is 1.26 bits per heavy atom. The van der Waals surface area contributed by atoms with E-state index < -0.39 is 11.6 Å². The number of fused-ring (bicyclic) bond motifs is 1. The fourth-order valence-corrected chi connectivity index (χ4v) is 3.54. The van der Waals surface area contributed by atoms with Gasteiger partial charge in [0.25, 0.3) is 0 Å². The van der Waals surface area contributed by atoms with Crippen LogP contribution in [-0.2, 0) is 0 Å². The molecule has 0 aliphatic carbocycles. The highest BCUT2D eigenvalue weighted by molar-refractivity contribution is 5.22. The van der Waals surface area contributed by atoms with Crippen molar-refractivity contribution in [3.05, 3.63) is 35.4 Å². The van der Waals surface area contributed by atoms with E-state index in [1.165, 1.54) is 25.5 Å². The predicted octanol–water partition coefficient (Wildman–Crippen LogP) is 2.85. The summed E-state index contributed by atoms with van der Waals surface area (Å²) in [6.45, 7) is 4.29. The Labute approximate surface area is 112 Å². The number of hydrogen-bond acceptors (Lipinski definition) is 2. The molecular weight excluding hydrogens is 246 g/mol. The van der Waals surface area contributed by atoms with Crippen LogP contribution in [0, 0.1) is 11.6 Å². The molecule has 1 aromatic carbocycles. The maximum atomic E-state index is 13.8. The lowest BCUT2D eigenvalue weighted by Gasteiger charge is -2.25. The summed E-state index contributed by atoms with van der Waals surface area (Å²) in [5.41, 5.74) is 0.554. The molecule has 2 saturated heterocycles. The second-order valence-corrected chi connectivity index (χ2v) is 5.69. The molecule has 2 aliphatic rings. The third-order valence-electron chi connectivity index (χ3n) is 4.50. The van der Waals surface area contributed by atoms with Crippen molar-refractivity contribution in [1.29, 1.82) is 0 Å². The first kappa shape index (κ1) is 13.0. The van der Waals surface area contributed by atoms with Crippen molar-refractivity contribution in [3.8, 4) is 0 Å². The normalized spacial score (nSPS) is 28.6. The van der Waals surface area contributed by atoms with Crippen LogP contribution in [0.25, 0.3) is 0 Å². The molecule has 1 N–H and O–H groups in total. The zero-order valence-electron chi connectivity index (χ0n) is 11.2. The standard InChI is InChI=1S/C15H20F2N2/c1-10(12-5-4-11(16)9-13(12)17)18-14-6-8-19-7-2-3-15(14)19/h4-5,9-10,14-15,18H,2-3,6-8H2,1H3. The zero-order chi connectivity index (χ0) is 13.4. The van der Waals surface area contributed by atoms with Crippen molar-refractivity contribution < 1.29 is 8.78 Å². The van der Waals surface area contributed by atoms with Gasteiger partial charge in [0.2, 0.25) is 0 Å². The van der Waals surface area contributed by atoms with E-state index in [2.05, 4.69) is 10.2 Å². The van der Waals surface area contributed by atoms with Crippen LogP contribution in [0.4, 0.5) is 8.78 Å². The lowest BCUT2D eigenvalue weighted by molar-refractivity contribution is 0.290. The van der Waals surface area contributed by atoms with Crippen molar-refractivity contribution in [2.75, 3.05) is 13.1 Å². The molecule has 0 radical (unpaired) electrons. The van der Waals surface area contributed by atoms with Crippen LogP contribution < -0.4 is 5.32 Å². The number of nitrogens with zero attached hydrogens (tertiary/aromatic N) is 1. The number of halogens is 2. The molecule has 0 spiro atoms. The van der Waals surface area contributed by atoms with Gasteiger partial charge in [-0.25, -0.2) is 8.78 Å². The van der Waals surface area contributed by atoms with Crippen molar-refractivity contribution in [1.82, 2.24) is 10.2 Å². The average Bonchev–Trinajstić information content (AvgIpc) is 2.94. The number of hydrogen-bond donors (Lipinski definition) is 1. The van der Waals surface area contributed by atoms with Crippen LogP contribution in [-0.4, -0.2) is 30.1 Å². The molecule has 3 atom stereocenters. The SMILES string of the molecule is CC(NC1CCN2CCCC12)c1ccc(F)cc1F. The Hall–Kier alpha value is -1.00. The Morgan fingerprint density at radius 3 is 2.89 bits per heavy atom. The van der Waals surface area contributed by atoms with Gasteiger partial charge in [-0.05, 0) is 38.8 Å². The first-order chi connectivity index (χ1) is 9.15. The predicted molar refractivity (Wildman–Crippen MR) is 70.9 cm³/mol. The summed E-state index contributed by atoms with van der Waals surface area (Å²) in [6.07, 6.45) is 3.62. The third kappa shape index (κ3) is 2.51. The Bertz CT molecular complexity index is 463. The van der Waals surface area contributed by atoms with Gasteiger partial charge in [0.05, 0.1) is 0 Å². The molecule has 1 aromatic rings. The van der Waals surface area contributed by atoms with Gasteiger partial charge in [-0.2, -0.15) is 0 Å². The van der Waals surface area contributed by atoms with E-state index in [0.717, 1.165) is 19.0 Å². The zero-order valence-corrected chi connectivity index (χ0v) is 11.2. The molecule has 0 amide bonds. The fourth-order valence-electron chi connectivity index (χ4n) is 3.54. The highest BCUT2D eigenvalue weighted by atomic mass is 19.1. The quantitative estimate of drug-likeness (QED) is 0.905. The summed E-state index contributed by atoms with van der Waals surface area (Å²) in [6, 6.07) is 4.79. The van der Waals surface area contributed by atoms with E-state index in [4.69, 9.17) is 0 Å². The van der Waals surface area contributed by atoms with E-state index in [1.807, 2.05) is 6.92 Å². The van der Waals surface area contributed by atoms with Crippen molar-refractivity contribution in [2.24, 2.45) is 0 Å². The largest absolute Gasteiger partial charge is 0.306 e. The number of benzene rings is 1. The highest BCUT2D eigenvalue weighted by Gasteiger charge is 2.37. The van der Waals surface area contributed by atoms with Gasteiger partial charge < -0.3 is 5.32 Å². The van der Waals surface area contributed by atoms with Gasteiger partial charge in [0.1, 0.15) is 11.6 Å². The van der Waals surface area contributed by atoms with Crippen LogP contribution >= 0.6 is 0 Å². The molecule has 4 heteroatoms. The van der Waals surface area contributed by atoms with E-state index in [0.29, 0.717) is 17.6 Å². The number of rotatable bonds is 3. The van der Waals surface area contributed by atoms with Gasteiger partial charge >= 0.3 is 0 Å². The summed E-state index contributed by atoms with van der Waals surface area (Å²) in [5.74, 6) is -0.974. The number of nitrogens with one attached hydrogen (secondary N) is 1. The summed E-state index contributed by atoms with van der Waals surface area (Å²) in [7, 11) is 0. The van der Waals surface area contributed by atoms with Gasteiger partial charge in [-0.3, -0.25) is 4.90 Å². The van der Waals surface area contributed by atoms with Crippen molar-refractivity contribution in [2.45, 2.75) is 44.3 Å². The first-order valence-electron chi connectivity index (χ1n) is 7.10. The van der Waals surface area contributed by atoms with E-state index in [9.17, 15) is 8.78 Å². The van der Waals surface area contributed by atoms with Gasteiger partial charge in [-0.15, -0.1) is 0 Å². The smallest absolute Gasteiger partial charge is 0.130 e. The highest BCUT2D eigenvalue weighted by Crippen LogP contribution is 2.30. The second kappa shape index (κ2) is 5.17. The third-order valence-corrected chi connectivity index (χ3v) is 4.50. The maximum absolute atomic E-state index is 13.8. The van der Waals surface area contributed by atoms with Crippen LogP contribution in [0.2, 0.25) is 0 Å². The molecule has 3 rings (SSSR count). The molecule has 3 unspecified atom stereocenters. The van der Waals surface area contributed by atoms with E-state index >= 15 is 0 Å². The average molecular weight is 266 g/mol. The minimum Gasteiger partial charge on any atom is -0.306 e. The molecule has 0 saturated carbocycles. The van der Waals surface area contributed by atoms with Gasteiger partial charge in [0, 0.05) is 36.3 Å². The minimum absolute atomic E-state index is 0.0776. The van der Waals surface area contributed by atoms with Gasteiger partial charge in [-0.1, -0.05) is 6.07 Å². The molecule has 104 valence electrons. The van der Waals surface area contributed by atoms with Crippen LogP contribution in [0.5, 0.6) is 0 Å². The Kier molecular flexibility index (Phi) is 3.54. The van der Waals surface area contributed by atoms with E-state index in [1.54, 1.807) is 6.07 Å². The van der Waals surface area contributed by atoms with Crippen molar-refractivity contribution in [3.63, 3.8) is 0 Å². The molecule has 19 heavy (non-hydrogen) atoms. The Balaban J connectivity index is 1.69. The van der Waals surface area contributed by atoms with Crippen LogP contribution in [0.15, 0.2) is 18.2 Å². The van der Waals surface area contributed by atoms with Gasteiger partial charge in [0.15, 0.2) is 0 Å². The molecule has 2 heterocycles. The Morgan fingerprint density at radius 2 is 2.11 bits per heavy atom. The summed E-state index contributed by atoms with van der Waals surface area (Å²) < 4.78 is 26.7. The summed E-state index contributed by atoms with van der Waals surface area (Å²) >= 11 is 0. The van der Waals surface area contributed by atoms with Crippen LogP contribution in [0.3, 0.4) is 0 Å².